The Morgan fingerprint density at radius 1 is 1.05 bits per heavy atom. The van der Waals surface area contributed by atoms with E-state index in [9.17, 15) is 5.11 Å². The van der Waals surface area contributed by atoms with Crippen LogP contribution in [0.15, 0.2) is 24.8 Å². The molecular formula is C20H38O. The molecule has 0 aromatic heterocycles. The van der Waals surface area contributed by atoms with Crippen molar-refractivity contribution in [2.75, 3.05) is 0 Å². The molecule has 1 aliphatic carbocycles. The zero-order valence-electron chi connectivity index (χ0n) is 14.5. The summed E-state index contributed by atoms with van der Waals surface area (Å²) in [5.74, 6) is 0.824. The van der Waals surface area contributed by atoms with E-state index in [0.717, 1.165) is 18.8 Å². The second-order valence-electron chi connectivity index (χ2n) is 6.32. The molecule has 2 atom stereocenters. The minimum atomic E-state index is 0.0146. The summed E-state index contributed by atoms with van der Waals surface area (Å²) in [6, 6.07) is 0. The van der Waals surface area contributed by atoms with Gasteiger partial charge in [-0.15, -0.1) is 6.58 Å². The lowest BCUT2D eigenvalue weighted by atomic mass is 9.99. The van der Waals surface area contributed by atoms with Crippen molar-refractivity contribution in [3.8, 4) is 0 Å². The van der Waals surface area contributed by atoms with Gasteiger partial charge in [0.25, 0.3) is 0 Å². The fourth-order valence-corrected chi connectivity index (χ4v) is 2.87. The molecule has 0 amide bonds. The number of rotatable bonds is 10. The molecule has 0 aliphatic heterocycles. The van der Waals surface area contributed by atoms with E-state index in [0.29, 0.717) is 0 Å². The SMILES string of the molecule is C/C=C\CCCC.C=CCCCCCC[C@H]1CC[C@H](O)C1. The van der Waals surface area contributed by atoms with Crippen LogP contribution in [0.2, 0.25) is 0 Å². The zero-order valence-corrected chi connectivity index (χ0v) is 14.5. The summed E-state index contributed by atoms with van der Waals surface area (Å²) in [5.41, 5.74) is 0. The van der Waals surface area contributed by atoms with Crippen LogP contribution in [0.4, 0.5) is 0 Å². The number of hydrogen-bond acceptors (Lipinski definition) is 1. The van der Waals surface area contributed by atoms with E-state index < -0.39 is 0 Å². The van der Waals surface area contributed by atoms with Crippen molar-refractivity contribution in [3.63, 3.8) is 0 Å². The third-order valence-corrected chi connectivity index (χ3v) is 4.24. The standard InChI is InChI=1S/C13H24O.C7H14/c1-2-3-4-5-6-7-8-12-9-10-13(14)11-12;1-3-5-7-6-4-2/h2,12-14H,1,3-11H2;3,5H,4,6-7H2,1-2H3/b;5-3-/t12-,13-;/m0./s1. The summed E-state index contributed by atoms with van der Waals surface area (Å²) in [5, 5.41) is 9.36. The molecule has 1 saturated carbocycles. The van der Waals surface area contributed by atoms with Gasteiger partial charge in [0.15, 0.2) is 0 Å². The number of unbranched alkanes of at least 4 members (excludes halogenated alkanes) is 6. The van der Waals surface area contributed by atoms with Crippen molar-refractivity contribution in [2.45, 2.75) is 97.0 Å². The first-order valence-electron chi connectivity index (χ1n) is 9.14. The van der Waals surface area contributed by atoms with E-state index in [-0.39, 0.29) is 6.10 Å². The van der Waals surface area contributed by atoms with Crippen LogP contribution in [-0.2, 0) is 0 Å². The predicted octanol–water partition coefficient (Wildman–Crippen LogP) is 6.43. The minimum Gasteiger partial charge on any atom is -0.393 e. The van der Waals surface area contributed by atoms with E-state index in [1.165, 1.54) is 64.2 Å². The van der Waals surface area contributed by atoms with Crippen LogP contribution in [0.5, 0.6) is 0 Å². The second kappa shape index (κ2) is 15.8. The highest BCUT2D eigenvalue weighted by Gasteiger charge is 2.21. The fourth-order valence-electron chi connectivity index (χ4n) is 2.87. The first kappa shape index (κ1) is 20.4. The van der Waals surface area contributed by atoms with Crippen molar-refractivity contribution in [1.29, 1.82) is 0 Å². The predicted molar refractivity (Wildman–Crippen MR) is 95.6 cm³/mol. The molecule has 1 fully saturated rings. The number of aliphatic hydroxyl groups excluding tert-OH is 1. The normalized spacial score (nSPS) is 21.3. The van der Waals surface area contributed by atoms with Gasteiger partial charge in [0.05, 0.1) is 6.10 Å². The van der Waals surface area contributed by atoms with Gasteiger partial charge in [-0.3, -0.25) is 0 Å². The minimum absolute atomic E-state index is 0.0146. The summed E-state index contributed by atoms with van der Waals surface area (Å²) in [6.07, 6.45) is 21.5. The lowest BCUT2D eigenvalue weighted by molar-refractivity contribution is 0.176. The van der Waals surface area contributed by atoms with Gasteiger partial charge in [-0.1, -0.05) is 63.7 Å². The quantitative estimate of drug-likeness (QED) is 0.364. The summed E-state index contributed by atoms with van der Waals surface area (Å²) in [7, 11) is 0. The first-order valence-corrected chi connectivity index (χ1v) is 9.14. The maximum atomic E-state index is 9.36. The molecule has 0 spiro atoms. The molecule has 0 aromatic carbocycles. The van der Waals surface area contributed by atoms with E-state index in [4.69, 9.17) is 0 Å². The first-order chi connectivity index (χ1) is 10.2. The molecule has 0 unspecified atom stereocenters. The fraction of sp³-hybridized carbons (Fsp3) is 0.800. The topological polar surface area (TPSA) is 20.2 Å². The lowest BCUT2D eigenvalue weighted by Gasteiger charge is -2.08. The molecule has 1 nitrogen and oxygen atoms in total. The Morgan fingerprint density at radius 2 is 1.81 bits per heavy atom. The molecule has 0 radical (unpaired) electrons. The van der Waals surface area contributed by atoms with Crippen molar-refractivity contribution < 1.29 is 5.11 Å². The summed E-state index contributed by atoms with van der Waals surface area (Å²) < 4.78 is 0. The van der Waals surface area contributed by atoms with Gasteiger partial charge < -0.3 is 5.11 Å². The number of aliphatic hydroxyl groups is 1. The van der Waals surface area contributed by atoms with Gasteiger partial charge in [0.1, 0.15) is 0 Å². The van der Waals surface area contributed by atoms with Gasteiger partial charge in [-0.25, -0.2) is 0 Å². The average molecular weight is 295 g/mol. The molecule has 1 rings (SSSR count). The molecule has 1 N–H and O–H groups in total. The Bertz CT molecular complexity index is 244. The van der Waals surface area contributed by atoms with E-state index in [1.807, 2.05) is 6.08 Å². The molecule has 0 heterocycles. The van der Waals surface area contributed by atoms with Crippen LogP contribution in [0, 0.1) is 5.92 Å². The molecule has 0 bridgehead atoms. The highest BCUT2D eigenvalue weighted by Crippen LogP contribution is 2.29. The van der Waals surface area contributed by atoms with E-state index >= 15 is 0 Å². The monoisotopic (exact) mass is 294 g/mol. The Balaban J connectivity index is 0.000000486. The van der Waals surface area contributed by atoms with Crippen molar-refractivity contribution >= 4 is 0 Å². The largest absolute Gasteiger partial charge is 0.393 e. The Hall–Kier alpha value is -0.560. The van der Waals surface area contributed by atoms with E-state index in [2.05, 4.69) is 32.6 Å². The Kier molecular flexibility index (Phi) is 15.4. The molecular weight excluding hydrogens is 256 g/mol. The zero-order chi connectivity index (χ0) is 15.8. The molecule has 1 heteroatoms. The molecule has 0 saturated heterocycles. The molecule has 124 valence electrons. The highest BCUT2D eigenvalue weighted by atomic mass is 16.3. The smallest absolute Gasteiger partial charge is 0.0543 e. The third kappa shape index (κ3) is 14.2. The maximum absolute atomic E-state index is 9.36. The second-order valence-corrected chi connectivity index (χ2v) is 6.32. The summed E-state index contributed by atoms with van der Waals surface area (Å²) >= 11 is 0. The average Bonchev–Trinajstić information content (AvgIpc) is 2.90. The van der Waals surface area contributed by atoms with Crippen LogP contribution >= 0.6 is 0 Å². The lowest BCUT2D eigenvalue weighted by Crippen LogP contribution is -2.00. The van der Waals surface area contributed by atoms with Gasteiger partial charge >= 0.3 is 0 Å². The van der Waals surface area contributed by atoms with Crippen LogP contribution in [0.25, 0.3) is 0 Å². The Morgan fingerprint density at radius 3 is 2.38 bits per heavy atom. The summed E-state index contributed by atoms with van der Waals surface area (Å²) in [4.78, 5) is 0. The maximum Gasteiger partial charge on any atom is 0.0543 e. The summed E-state index contributed by atoms with van der Waals surface area (Å²) in [6.45, 7) is 8.00. The number of allylic oxidation sites excluding steroid dienone is 3. The molecule has 21 heavy (non-hydrogen) atoms. The van der Waals surface area contributed by atoms with Crippen LogP contribution < -0.4 is 0 Å². The van der Waals surface area contributed by atoms with E-state index in [1.54, 1.807) is 0 Å². The van der Waals surface area contributed by atoms with Gasteiger partial charge in [-0.2, -0.15) is 0 Å². The van der Waals surface area contributed by atoms with Crippen molar-refractivity contribution in [3.05, 3.63) is 24.8 Å². The van der Waals surface area contributed by atoms with Crippen molar-refractivity contribution in [2.24, 2.45) is 5.92 Å². The molecule has 0 aromatic rings. The van der Waals surface area contributed by atoms with Crippen LogP contribution in [-0.4, -0.2) is 11.2 Å². The third-order valence-electron chi connectivity index (χ3n) is 4.24. The highest BCUT2D eigenvalue weighted by molar-refractivity contribution is 4.76. The van der Waals surface area contributed by atoms with Gasteiger partial charge in [0.2, 0.25) is 0 Å². The number of hydrogen-bond donors (Lipinski definition) is 1. The Labute approximate surface area is 133 Å². The van der Waals surface area contributed by atoms with Gasteiger partial charge in [-0.05, 0) is 51.4 Å². The van der Waals surface area contributed by atoms with Crippen molar-refractivity contribution in [1.82, 2.24) is 0 Å². The van der Waals surface area contributed by atoms with Crippen LogP contribution in [0.3, 0.4) is 0 Å². The molecule has 1 aliphatic rings. The van der Waals surface area contributed by atoms with Gasteiger partial charge in [0, 0.05) is 0 Å². The van der Waals surface area contributed by atoms with Crippen LogP contribution in [0.1, 0.15) is 90.9 Å².